The zero-order valence-corrected chi connectivity index (χ0v) is 30.7. The summed E-state index contributed by atoms with van der Waals surface area (Å²) >= 11 is 0. The molecule has 2 N–H and O–H groups in total. The number of fused-ring (bicyclic) bond motifs is 4. The van der Waals surface area contributed by atoms with Crippen molar-refractivity contribution >= 4 is 44.6 Å². The van der Waals surface area contributed by atoms with E-state index in [2.05, 4.69) is 147 Å². The quantitative estimate of drug-likeness (QED) is 0.178. The van der Waals surface area contributed by atoms with Crippen molar-refractivity contribution in [3.05, 3.63) is 188 Å². The first-order chi connectivity index (χ1) is 27.7. The van der Waals surface area contributed by atoms with E-state index < -0.39 is 0 Å². The van der Waals surface area contributed by atoms with E-state index in [0.717, 1.165) is 100 Å². The minimum atomic E-state index is 0.736. The van der Waals surface area contributed by atoms with Gasteiger partial charge in [-0.2, -0.15) is 0 Å². The Morgan fingerprint density at radius 3 is 1.62 bits per heavy atom. The molecule has 0 aliphatic heterocycles. The maximum absolute atomic E-state index is 7.05. The van der Waals surface area contributed by atoms with Crippen LogP contribution in [-0.2, 0) is 0 Å². The number of rotatable bonds is 7. The Hall–Kier alpha value is -7.57. The summed E-state index contributed by atoms with van der Waals surface area (Å²) < 4.78 is 4.58. The molecule has 0 bridgehead atoms. The summed E-state index contributed by atoms with van der Waals surface area (Å²) in [5.74, 6) is 0. The van der Waals surface area contributed by atoms with Crippen LogP contribution in [0.1, 0.15) is 12.6 Å². The Labute approximate surface area is 324 Å². The molecule has 0 saturated carbocycles. The molecule has 0 aliphatic carbocycles. The van der Waals surface area contributed by atoms with E-state index in [1.165, 1.54) is 0 Å². The third-order valence-electron chi connectivity index (χ3n) is 10.6. The van der Waals surface area contributed by atoms with Crippen LogP contribution < -0.4 is 5.73 Å². The number of hydrogen-bond donors (Lipinski definition) is 1. The van der Waals surface area contributed by atoms with Crippen LogP contribution in [0.25, 0.3) is 95.1 Å². The molecule has 0 radical (unpaired) electrons. The highest BCUT2D eigenvalue weighted by atomic mass is 15.0. The lowest BCUT2D eigenvalue weighted by atomic mass is 9.96. The summed E-state index contributed by atoms with van der Waals surface area (Å²) in [6.45, 7) is 2.03. The Morgan fingerprint density at radius 2 is 1.02 bits per heavy atom. The van der Waals surface area contributed by atoms with Crippen LogP contribution in [0.15, 0.2) is 182 Å². The van der Waals surface area contributed by atoms with Crippen LogP contribution in [0.5, 0.6) is 0 Å². The van der Waals surface area contributed by atoms with Crippen molar-refractivity contribution < 1.29 is 0 Å². The zero-order valence-electron chi connectivity index (χ0n) is 30.7. The first-order valence-electron chi connectivity index (χ1n) is 18.8. The van der Waals surface area contributed by atoms with Gasteiger partial charge >= 0.3 is 0 Å². The molecule has 0 atom stereocenters. The van der Waals surface area contributed by atoms with E-state index in [-0.39, 0.29) is 0 Å². The van der Waals surface area contributed by atoms with Crippen LogP contribution >= 0.6 is 0 Å². The predicted octanol–water partition coefficient (Wildman–Crippen LogP) is 12.2. The number of aromatic nitrogens is 5. The van der Waals surface area contributed by atoms with Crippen molar-refractivity contribution in [2.45, 2.75) is 6.92 Å². The fourth-order valence-electron chi connectivity index (χ4n) is 8.12. The molecule has 0 fully saturated rings. The molecule has 0 amide bonds. The molecular formula is C50H36N6. The maximum atomic E-state index is 7.05. The fraction of sp³-hybridized carbons (Fsp3) is 0.0200. The van der Waals surface area contributed by atoms with E-state index in [1.807, 2.05) is 68.0 Å². The fourth-order valence-corrected chi connectivity index (χ4v) is 8.12. The lowest BCUT2D eigenvalue weighted by Crippen LogP contribution is -2.01. The van der Waals surface area contributed by atoms with Crippen molar-refractivity contribution in [1.29, 1.82) is 0 Å². The van der Waals surface area contributed by atoms with Crippen molar-refractivity contribution in [2.24, 2.45) is 0 Å². The number of pyridine rings is 3. The van der Waals surface area contributed by atoms with Crippen molar-refractivity contribution in [3.8, 4) is 56.1 Å². The predicted molar refractivity (Wildman–Crippen MR) is 232 cm³/mol. The monoisotopic (exact) mass is 720 g/mol. The number of nitrogen functional groups attached to an aromatic ring is 1. The minimum Gasteiger partial charge on any atom is -0.396 e. The Kier molecular flexibility index (Phi) is 8.07. The Balaban J connectivity index is 1.12. The average Bonchev–Trinajstić information content (AvgIpc) is 3.75. The summed E-state index contributed by atoms with van der Waals surface area (Å²) in [5, 5.41) is 2.08. The van der Waals surface area contributed by atoms with Crippen molar-refractivity contribution in [3.63, 3.8) is 0 Å². The van der Waals surface area contributed by atoms with Crippen LogP contribution in [0, 0.1) is 0 Å². The molecule has 56 heavy (non-hydrogen) atoms. The van der Waals surface area contributed by atoms with Gasteiger partial charge in [-0.25, -0.2) is 0 Å². The average molecular weight is 721 g/mol. The van der Waals surface area contributed by atoms with Crippen molar-refractivity contribution in [2.75, 3.05) is 5.73 Å². The number of anilines is 1. The number of allylic oxidation sites excluding steroid dienone is 1. The van der Waals surface area contributed by atoms with Crippen LogP contribution in [0.2, 0.25) is 0 Å². The molecule has 0 saturated heterocycles. The van der Waals surface area contributed by atoms with Gasteiger partial charge in [0, 0.05) is 51.9 Å². The molecule has 5 aromatic heterocycles. The van der Waals surface area contributed by atoms with E-state index in [9.17, 15) is 0 Å². The Morgan fingerprint density at radius 1 is 0.464 bits per heavy atom. The SMILES string of the molecule is C/C=C\c1c(N)c2cc(-c3ccccc3-c3ccccn3)ccc2n1-c1cccc(-n2c3ccc(-c4ccccc4-c4ccccn4)cc3c3ncccc32)c1. The second-order valence-corrected chi connectivity index (χ2v) is 13.8. The molecule has 6 heteroatoms. The Bertz CT molecular complexity index is 3100. The molecule has 0 aliphatic rings. The summed E-state index contributed by atoms with van der Waals surface area (Å²) in [4.78, 5) is 14.2. The second-order valence-electron chi connectivity index (χ2n) is 13.8. The third-order valence-corrected chi connectivity index (χ3v) is 10.6. The first kappa shape index (κ1) is 33.0. The van der Waals surface area contributed by atoms with Gasteiger partial charge < -0.3 is 14.9 Å². The minimum absolute atomic E-state index is 0.736. The standard InChI is InChI=1S/C50H36N6/c1-2-13-47-49(51)41-30-33(37-16-3-5-18-39(37)43-20-7-9-27-52-43)23-25-45(41)55(47)35-14-11-15-36(32-35)56-46-26-24-34(31-42(46)50-48(56)22-12-29-54-50)38-17-4-6-19-40(38)44-21-8-10-28-53-44/h2-32H,51H2,1H3/b13-2-. The third kappa shape index (κ3) is 5.46. The van der Waals surface area contributed by atoms with Gasteiger partial charge in [-0.05, 0) is 114 Å². The lowest BCUT2D eigenvalue weighted by Gasteiger charge is -2.14. The summed E-state index contributed by atoms with van der Waals surface area (Å²) in [7, 11) is 0. The largest absolute Gasteiger partial charge is 0.396 e. The van der Waals surface area contributed by atoms with Gasteiger partial charge in [-0.1, -0.05) is 84.9 Å². The topological polar surface area (TPSA) is 74.5 Å². The zero-order chi connectivity index (χ0) is 37.6. The molecule has 5 aromatic carbocycles. The maximum Gasteiger partial charge on any atom is 0.0963 e. The lowest BCUT2D eigenvalue weighted by molar-refractivity contribution is 1.09. The van der Waals surface area contributed by atoms with Gasteiger partial charge in [0.2, 0.25) is 0 Å². The van der Waals surface area contributed by atoms with E-state index in [4.69, 9.17) is 10.7 Å². The normalized spacial score (nSPS) is 11.7. The van der Waals surface area contributed by atoms with Gasteiger partial charge in [0.15, 0.2) is 0 Å². The second kappa shape index (κ2) is 13.7. The van der Waals surface area contributed by atoms with Crippen LogP contribution in [0.4, 0.5) is 5.69 Å². The molecule has 5 heterocycles. The highest BCUT2D eigenvalue weighted by molar-refractivity contribution is 6.09. The highest BCUT2D eigenvalue weighted by Gasteiger charge is 2.20. The molecular weight excluding hydrogens is 685 g/mol. The van der Waals surface area contributed by atoms with Gasteiger partial charge in [-0.3, -0.25) is 15.0 Å². The molecule has 0 unspecified atom stereocenters. The highest BCUT2D eigenvalue weighted by Crippen LogP contribution is 2.40. The number of hydrogen-bond acceptors (Lipinski definition) is 4. The molecule has 10 rings (SSSR count). The number of nitrogens with zero attached hydrogens (tertiary/aromatic N) is 5. The molecule has 10 aromatic rings. The van der Waals surface area contributed by atoms with Gasteiger partial charge in [0.25, 0.3) is 0 Å². The van der Waals surface area contributed by atoms with Crippen LogP contribution in [-0.4, -0.2) is 24.1 Å². The number of benzene rings is 5. The van der Waals surface area contributed by atoms with Gasteiger partial charge in [0.1, 0.15) is 0 Å². The summed E-state index contributed by atoms with van der Waals surface area (Å²) in [5.41, 5.74) is 23.4. The van der Waals surface area contributed by atoms with Crippen LogP contribution in [0.3, 0.4) is 0 Å². The smallest absolute Gasteiger partial charge is 0.0963 e. The summed E-state index contributed by atoms with van der Waals surface area (Å²) in [6, 6.07) is 55.0. The van der Waals surface area contributed by atoms with E-state index in [0.29, 0.717) is 0 Å². The van der Waals surface area contributed by atoms with Crippen molar-refractivity contribution in [1.82, 2.24) is 24.1 Å². The molecule has 0 spiro atoms. The van der Waals surface area contributed by atoms with Gasteiger partial charge in [-0.15, -0.1) is 0 Å². The first-order valence-corrected chi connectivity index (χ1v) is 18.8. The van der Waals surface area contributed by atoms with E-state index >= 15 is 0 Å². The number of nitrogens with two attached hydrogens (primary N) is 1. The van der Waals surface area contributed by atoms with Gasteiger partial charge in [0.05, 0.1) is 44.8 Å². The summed E-state index contributed by atoms with van der Waals surface area (Å²) in [6.07, 6.45) is 9.69. The molecule has 266 valence electrons. The molecule has 6 nitrogen and oxygen atoms in total. The van der Waals surface area contributed by atoms with E-state index in [1.54, 1.807) is 0 Å².